The Labute approximate surface area is 146 Å². The minimum absolute atomic E-state index is 1.04. The molecule has 1 nitrogen and oxygen atoms in total. The minimum atomic E-state index is 1.04. The standard InChI is InChI=1S/C22H19NS/c1-14-9-15(2)22(16(3)10-14)21-11-18-13-23-19(12-20(18)24-21)17-7-5-4-6-8-17/h4-13H,1-3H3. The highest BCUT2D eigenvalue weighted by Gasteiger charge is 2.11. The van der Waals surface area contributed by atoms with Crippen LogP contribution in [-0.2, 0) is 0 Å². The smallest absolute Gasteiger partial charge is 0.0716 e. The fourth-order valence-electron chi connectivity index (χ4n) is 3.39. The van der Waals surface area contributed by atoms with E-state index in [1.54, 1.807) is 0 Å². The van der Waals surface area contributed by atoms with Crippen molar-refractivity contribution in [1.82, 2.24) is 4.98 Å². The van der Waals surface area contributed by atoms with Gasteiger partial charge in [-0.05, 0) is 49.6 Å². The summed E-state index contributed by atoms with van der Waals surface area (Å²) in [4.78, 5) is 5.98. The summed E-state index contributed by atoms with van der Waals surface area (Å²) < 4.78 is 1.29. The Hall–Kier alpha value is -2.45. The number of benzene rings is 2. The molecule has 0 aliphatic carbocycles. The van der Waals surface area contributed by atoms with Crippen LogP contribution < -0.4 is 0 Å². The Morgan fingerprint density at radius 3 is 2.25 bits per heavy atom. The molecule has 4 aromatic rings. The lowest BCUT2D eigenvalue weighted by Gasteiger charge is -2.09. The fraction of sp³-hybridized carbons (Fsp3) is 0.136. The largest absolute Gasteiger partial charge is 0.256 e. The summed E-state index contributed by atoms with van der Waals surface area (Å²) in [6.07, 6.45) is 2.00. The average Bonchev–Trinajstić information content (AvgIpc) is 2.97. The third-order valence-electron chi connectivity index (χ3n) is 4.39. The van der Waals surface area contributed by atoms with Crippen molar-refractivity contribution in [1.29, 1.82) is 0 Å². The number of pyridine rings is 1. The van der Waals surface area contributed by atoms with Gasteiger partial charge in [-0.15, -0.1) is 11.3 Å². The van der Waals surface area contributed by atoms with Crippen LogP contribution >= 0.6 is 11.3 Å². The average molecular weight is 329 g/mol. The monoisotopic (exact) mass is 329 g/mol. The number of hydrogen-bond acceptors (Lipinski definition) is 2. The second kappa shape index (κ2) is 5.88. The van der Waals surface area contributed by atoms with Gasteiger partial charge in [0.15, 0.2) is 0 Å². The summed E-state index contributed by atoms with van der Waals surface area (Å²) in [5, 5.41) is 1.22. The minimum Gasteiger partial charge on any atom is -0.256 e. The number of hydrogen-bond donors (Lipinski definition) is 0. The molecule has 2 heteroatoms. The van der Waals surface area contributed by atoms with Gasteiger partial charge in [0.1, 0.15) is 0 Å². The van der Waals surface area contributed by atoms with Crippen molar-refractivity contribution < 1.29 is 0 Å². The Morgan fingerprint density at radius 1 is 0.833 bits per heavy atom. The molecule has 0 bridgehead atoms. The Kier molecular flexibility index (Phi) is 3.70. The van der Waals surface area contributed by atoms with Crippen molar-refractivity contribution in [2.24, 2.45) is 0 Å². The van der Waals surface area contributed by atoms with E-state index in [0.29, 0.717) is 0 Å². The SMILES string of the molecule is Cc1cc(C)c(-c2cc3cnc(-c4ccccc4)cc3s2)c(C)c1. The van der Waals surface area contributed by atoms with Gasteiger partial charge in [-0.3, -0.25) is 4.98 Å². The highest BCUT2D eigenvalue weighted by Crippen LogP contribution is 2.38. The summed E-state index contributed by atoms with van der Waals surface area (Å²) in [5.41, 5.74) is 7.57. The first-order valence-corrected chi connectivity index (χ1v) is 8.97. The van der Waals surface area contributed by atoms with E-state index in [9.17, 15) is 0 Å². The molecule has 118 valence electrons. The third-order valence-corrected chi connectivity index (χ3v) is 5.51. The van der Waals surface area contributed by atoms with Crippen LogP contribution in [0.1, 0.15) is 16.7 Å². The van der Waals surface area contributed by atoms with Crippen molar-refractivity contribution >= 4 is 21.4 Å². The number of rotatable bonds is 2. The van der Waals surface area contributed by atoms with Gasteiger partial charge < -0.3 is 0 Å². The molecule has 0 aliphatic rings. The lowest BCUT2D eigenvalue weighted by molar-refractivity contribution is 1.33. The maximum atomic E-state index is 4.65. The molecule has 2 aromatic heterocycles. The van der Waals surface area contributed by atoms with Gasteiger partial charge in [-0.1, -0.05) is 48.0 Å². The second-order valence-corrected chi connectivity index (χ2v) is 7.44. The topological polar surface area (TPSA) is 12.9 Å². The predicted octanol–water partition coefficient (Wildman–Crippen LogP) is 6.56. The molecule has 0 aliphatic heterocycles. The van der Waals surface area contributed by atoms with E-state index in [2.05, 4.69) is 74.3 Å². The first-order chi connectivity index (χ1) is 11.6. The third kappa shape index (κ3) is 2.63. The number of nitrogens with zero attached hydrogens (tertiary/aromatic N) is 1. The van der Waals surface area contributed by atoms with E-state index in [1.165, 1.54) is 37.2 Å². The molecule has 0 radical (unpaired) electrons. The number of aromatic nitrogens is 1. The van der Waals surface area contributed by atoms with E-state index in [0.717, 1.165) is 11.3 Å². The first-order valence-electron chi connectivity index (χ1n) is 8.15. The molecule has 0 spiro atoms. The zero-order valence-electron chi connectivity index (χ0n) is 14.1. The molecule has 0 fully saturated rings. The molecule has 4 rings (SSSR count). The van der Waals surface area contributed by atoms with E-state index >= 15 is 0 Å². The molecule has 0 amide bonds. The predicted molar refractivity (Wildman–Crippen MR) is 105 cm³/mol. The molecule has 0 saturated heterocycles. The number of aryl methyl sites for hydroxylation is 3. The molecular formula is C22H19NS. The normalized spacial score (nSPS) is 11.1. The van der Waals surface area contributed by atoms with E-state index < -0.39 is 0 Å². The van der Waals surface area contributed by atoms with Crippen molar-refractivity contribution in [3.8, 4) is 21.7 Å². The van der Waals surface area contributed by atoms with Crippen LogP contribution in [0.25, 0.3) is 31.8 Å². The van der Waals surface area contributed by atoms with Crippen molar-refractivity contribution in [3.63, 3.8) is 0 Å². The van der Waals surface area contributed by atoms with Crippen molar-refractivity contribution in [3.05, 3.63) is 77.5 Å². The maximum absolute atomic E-state index is 4.65. The lowest BCUT2D eigenvalue weighted by atomic mass is 9.98. The van der Waals surface area contributed by atoms with Crippen LogP contribution in [0.3, 0.4) is 0 Å². The maximum Gasteiger partial charge on any atom is 0.0716 e. The Morgan fingerprint density at radius 2 is 1.54 bits per heavy atom. The molecule has 2 aromatic carbocycles. The lowest BCUT2D eigenvalue weighted by Crippen LogP contribution is -1.87. The van der Waals surface area contributed by atoms with Gasteiger partial charge in [0.2, 0.25) is 0 Å². The van der Waals surface area contributed by atoms with Crippen LogP contribution in [0.2, 0.25) is 0 Å². The van der Waals surface area contributed by atoms with Gasteiger partial charge in [0.25, 0.3) is 0 Å². The van der Waals surface area contributed by atoms with Crippen LogP contribution in [0.15, 0.2) is 60.8 Å². The molecule has 0 atom stereocenters. The summed E-state index contributed by atoms with van der Waals surface area (Å²) >= 11 is 1.85. The summed E-state index contributed by atoms with van der Waals surface area (Å²) in [5.74, 6) is 0. The zero-order valence-corrected chi connectivity index (χ0v) is 14.9. The van der Waals surface area contributed by atoms with Crippen LogP contribution in [-0.4, -0.2) is 4.98 Å². The summed E-state index contributed by atoms with van der Waals surface area (Å²) in [6.45, 7) is 6.56. The molecule has 24 heavy (non-hydrogen) atoms. The fourth-order valence-corrected chi connectivity index (χ4v) is 4.64. The first kappa shape index (κ1) is 15.1. The van der Waals surface area contributed by atoms with Gasteiger partial charge in [-0.2, -0.15) is 0 Å². The number of fused-ring (bicyclic) bond motifs is 1. The van der Waals surface area contributed by atoms with E-state index in [1.807, 2.05) is 23.6 Å². The number of thiophene rings is 1. The highest BCUT2D eigenvalue weighted by molar-refractivity contribution is 7.22. The Balaban J connectivity index is 1.85. The van der Waals surface area contributed by atoms with E-state index in [4.69, 9.17) is 0 Å². The van der Waals surface area contributed by atoms with Crippen LogP contribution in [0.4, 0.5) is 0 Å². The van der Waals surface area contributed by atoms with Crippen molar-refractivity contribution in [2.75, 3.05) is 0 Å². The molecule has 0 saturated carbocycles. The summed E-state index contributed by atoms with van der Waals surface area (Å²) in [7, 11) is 0. The molecular weight excluding hydrogens is 310 g/mol. The van der Waals surface area contributed by atoms with Gasteiger partial charge in [-0.25, -0.2) is 0 Å². The zero-order chi connectivity index (χ0) is 16.7. The van der Waals surface area contributed by atoms with Gasteiger partial charge in [0.05, 0.1) is 5.69 Å². The molecule has 0 N–H and O–H groups in total. The highest BCUT2D eigenvalue weighted by atomic mass is 32.1. The Bertz CT molecular complexity index is 1010. The van der Waals surface area contributed by atoms with Crippen LogP contribution in [0, 0.1) is 20.8 Å². The molecule has 2 heterocycles. The van der Waals surface area contributed by atoms with Gasteiger partial charge >= 0.3 is 0 Å². The molecule has 0 unspecified atom stereocenters. The second-order valence-electron chi connectivity index (χ2n) is 6.36. The quantitative estimate of drug-likeness (QED) is 0.406. The van der Waals surface area contributed by atoms with Crippen LogP contribution in [0.5, 0.6) is 0 Å². The van der Waals surface area contributed by atoms with E-state index in [-0.39, 0.29) is 0 Å². The van der Waals surface area contributed by atoms with Gasteiger partial charge in [0, 0.05) is 26.7 Å². The van der Waals surface area contributed by atoms with Crippen molar-refractivity contribution in [2.45, 2.75) is 20.8 Å². The summed E-state index contributed by atoms with van der Waals surface area (Å²) in [6, 6.07) is 19.4.